The van der Waals surface area contributed by atoms with Gasteiger partial charge >= 0.3 is 0 Å². The van der Waals surface area contributed by atoms with E-state index in [9.17, 15) is 4.79 Å². The molecule has 3 aromatic heterocycles. The lowest BCUT2D eigenvalue weighted by molar-refractivity contribution is -0.125. The Hall–Kier alpha value is -3.13. The van der Waals surface area contributed by atoms with E-state index in [1.165, 1.54) is 10.9 Å². The van der Waals surface area contributed by atoms with Gasteiger partial charge in [0, 0.05) is 36.7 Å². The molecule has 0 bridgehead atoms. The second-order valence-electron chi connectivity index (χ2n) is 7.60. The molecule has 1 atom stereocenters. The summed E-state index contributed by atoms with van der Waals surface area (Å²) in [5.41, 5.74) is 3.62. The van der Waals surface area contributed by atoms with Crippen molar-refractivity contribution >= 4 is 45.4 Å². The van der Waals surface area contributed by atoms with E-state index in [2.05, 4.69) is 47.3 Å². The van der Waals surface area contributed by atoms with Crippen LogP contribution in [0.5, 0.6) is 0 Å². The average molecular weight is 424 g/mol. The molecule has 3 N–H and O–H groups in total. The van der Waals surface area contributed by atoms with E-state index in [4.69, 9.17) is 11.6 Å². The standard InChI is InChI=1S/C21H22ClN7O/c22-21-27-18-17(25-12-26-18)19(28-21)29-9-3-4-14(11-29)20(30)23-8-7-13-10-24-16-6-2-1-5-15(13)16/h1-2,5-6,10,12,14,24H,3-4,7-9,11H2,(H,23,30)(H,25,26,27,28)/t14-/m0/s1. The fourth-order valence-electron chi connectivity index (χ4n) is 4.21. The summed E-state index contributed by atoms with van der Waals surface area (Å²) in [6.45, 7) is 2.03. The number of piperidine rings is 1. The summed E-state index contributed by atoms with van der Waals surface area (Å²) >= 11 is 6.07. The molecule has 0 spiro atoms. The molecule has 9 heteroatoms. The number of nitrogens with one attached hydrogen (secondary N) is 3. The molecule has 4 aromatic rings. The summed E-state index contributed by atoms with van der Waals surface area (Å²) in [6.07, 6.45) is 6.17. The van der Waals surface area contributed by atoms with Crippen LogP contribution in [0.3, 0.4) is 0 Å². The molecular weight excluding hydrogens is 402 g/mol. The van der Waals surface area contributed by atoms with Crippen LogP contribution in [-0.2, 0) is 11.2 Å². The smallest absolute Gasteiger partial charge is 0.226 e. The second-order valence-corrected chi connectivity index (χ2v) is 7.94. The number of H-pyrrole nitrogens is 2. The molecule has 1 fully saturated rings. The minimum atomic E-state index is -0.0894. The predicted molar refractivity (Wildman–Crippen MR) is 117 cm³/mol. The summed E-state index contributed by atoms with van der Waals surface area (Å²) in [4.78, 5) is 34.0. The maximum Gasteiger partial charge on any atom is 0.226 e. The molecule has 4 heterocycles. The molecule has 154 valence electrons. The molecule has 8 nitrogen and oxygen atoms in total. The largest absolute Gasteiger partial charge is 0.361 e. The third-order valence-electron chi connectivity index (χ3n) is 5.70. The number of imidazole rings is 1. The minimum Gasteiger partial charge on any atom is -0.361 e. The monoisotopic (exact) mass is 423 g/mol. The van der Waals surface area contributed by atoms with Crippen LogP contribution in [0.4, 0.5) is 5.82 Å². The van der Waals surface area contributed by atoms with E-state index in [0.717, 1.165) is 36.8 Å². The number of fused-ring (bicyclic) bond motifs is 2. The lowest BCUT2D eigenvalue weighted by Gasteiger charge is -2.33. The van der Waals surface area contributed by atoms with Gasteiger partial charge in [0.2, 0.25) is 11.2 Å². The molecule has 1 aliphatic rings. The normalized spacial score (nSPS) is 17.0. The Labute approximate surface area is 178 Å². The Morgan fingerprint density at radius 3 is 3.10 bits per heavy atom. The Bertz CT molecular complexity index is 1200. The highest BCUT2D eigenvalue weighted by Crippen LogP contribution is 2.27. The van der Waals surface area contributed by atoms with Gasteiger partial charge in [-0.25, -0.2) is 4.98 Å². The number of carbonyl (C=O) groups is 1. The SMILES string of the molecule is O=C(NCCc1c[nH]c2ccccc12)[C@H]1CCCN(c2nc(Cl)nc3nc[nH]c23)C1. The van der Waals surface area contributed by atoms with Crippen molar-refractivity contribution in [1.29, 1.82) is 0 Å². The van der Waals surface area contributed by atoms with Crippen LogP contribution in [0, 0.1) is 5.92 Å². The molecule has 1 aliphatic heterocycles. The maximum atomic E-state index is 12.8. The first-order valence-electron chi connectivity index (χ1n) is 10.1. The zero-order valence-corrected chi connectivity index (χ0v) is 17.1. The van der Waals surface area contributed by atoms with Gasteiger partial charge in [0.05, 0.1) is 12.2 Å². The lowest BCUT2D eigenvalue weighted by Crippen LogP contribution is -2.44. The number of carbonyl (C=O) groups excluding carboxylic acids is 1. The van der Waals surface area contributed by atoms with Gasteiger partial charge in [-0.2, -0.15) is 9.97 Å². The molecule has 1 amide bonds. The van der Waals surface area contributed by atoms with E-state index < -0.39 is 0 Å². The molecule has 1 aromatic carbocycles. The van der Waals surface area contributed by atoms with E-state index in [1.54, 1.807) is 6.33 Å². The first kappa shape index (κ1) is 18.9. The molecule has 1 saturated heterocycles. The summed E-state index contributed by atoms with van der Waals surface area (Å²) in [6, 6.07) is 8.21. The Morgan fingerprint density at radius 1 is 1.27 bits per heavy atom. The Balaban J connectivity index is 1.23. The van der Waals surface area contributed by atoms with Crippen molar-refractivity contribution in [2.24, 2.45) is 5.92 Å². The fraction of sp³-hybridized carbons (Fsp3) is 0.333. The van der Waals surface area contributed by atoms with Crippen LogP contribution in [-0.4, -0.2) is 50.5 Å². The third kappa shape index (κ3) is 3.59. The topological polar surface area (TPSA) is 103 Å². The summed E-state index contributed by atoms with van der Waals surface area (Å²) in [7, 11) is 0. The number of aromatic nitrogens is 5. The number of para-hydroxylation sites is 1. The first-order chi connectivity index (χ1) is 14.7. The predicted octanol–water partition coefficient (Wildman–Crippen LogP) is 3.06. The Morgan fingerprint density at radius 2 is 2.17 bits per heavy atom. The number of halogens is 1. The Kier molecular flexibility index (Phi) is 5.00. The summed E-state index contributed by atoms with van der Waals surface area (Å²) in [5.74, 6) is 0.702. The highest BCUT2D eigenvalue weighted by Gasteiger charge is 2.28. The number of hydrogen-bond donors (Lipinski definition) is 3. The number of nitrogens with zero attached hydrogens (tertiary/aromatic N) is 4. The van der Waals surface area contributed by atoms with Crippen LogP contribution in [0.1, 0.15) is 18.4 Å². The van der Waals surface area contributed by atoms with Gasteiger partial charge < -0.3 is 20.2 Å². The van der Waals surface area contributed by atoms with E-state index in [-0.39, 0.29) is 17.1 Å². The van der Waals surface area contributed by atoms with Crippen molar-refractivity contribution in [1.82, 2.24) is 30.2 Å². The highest BCUT2D eigenvalue weighted by molar-refractivity contribution is 6.28. The molecule has 0 unspecified atom stereocenters. The van der Waals surface area contributed by atoms with Gasteiger partial charge in [-0.05, 0) is 42.5 Å². The average Bonchev–Trinajstić information content (AvgIpc) is 3.40. The lowest BCUT2D eigenvalue weighted by atomic mass is 9.97. The van der Waals surface area contributed by atoms with Crippen molar-refractivity contribution < 1.29 is 4.79 Å². The number of anilines is 1. The zero-order chi connectivity index (χ0) is 20.5. The first-order valence-corrected chi connectivity index (χ1v) is 10.5. The van der Waals surface area contributed by atoms with E-state index in [1.807, 2.05) is 18.3 Å². The van der Waals surface area contributed by atoms with Crippen molar-refractivity contribution in [3.05, 3.63) is 47.6 Å². The van der Waals surface area contributed by atoms with Crippen LogP contribution < -0.4 is 10.2 Å². The molecular formula is C21H22ClN7O. The summed E-state index contributed by atoms with van der Waals surface area (Å²) in [5, 5.41) is 4.48. The number of aromatic amines is 2. The molecule has 30 heavy (non-hydrogen) atoms. The van der Waals surface area contributed by atoms with Crippen LogP contribution in [0.2, 0.25) is 5.28 Å². The zero-order valence-electron chi connectivity index (χ0n) is 16.4. The number of amides is 1. The minimum absolute atomic E-state index is 0.0838. The third-order valence-corrected chi connectivity index (χ3v) is 5.87. The fourth-order valence-corrected chi connectivity index (χ4v) is 4.37. The second kappa shape index (κ2) is 7.95. The van der Waals surface area contributed by atoms with Crippen LogP contribution in [0.25, 0.3) is 22.1 Å². The van der Waals surface area contributed by atoms with Gasteiger partial charge in [-0.15, -0.1) is 0 Å². The van der Waals surface area contributed by atoms with Gasteiger partial charge in [0.15, 0.2) is 11.5 Å². The van der Waals surface area contributed by atoms with Crippen molar-refractivity contribution in [2.75, 3.05) is 24.5 Å². The van der Waals surface area contributed by atoms with Gasteiger partial charge in [-0.3, -0.25) is 4.79 Å². The highest BCUT2D eigenvalue weighted by atomic mass is 35.5. The number of rotatable bonds is 5. The number of benzene rings is 1. The molecule has 5 rings (SSSR count). The van der Waals surface area contributed by atoms with Crippen molar-refractivity contribution in [3.63, 3.8) is 0 Å². The maximum absolute atomic E-state index is 12.8. The summed E-state index contributed by atoms with van der Waals surface area (Å²) < 4.78 is 0. The van der Waals surface area contributed by atoms with E-state index in [0.29, 0.717) is 24.6 Å². The van der Waals surface area contributed by atoms with Crippen LogP contribution in [0.15, 0.2) is 36.8 Å². The van der Waals surface area contributed by atoms with Gasteiger partial charge in [-0.1, -0.05) is 18.2 Å². The molecule has 0 saturated carbocycles. The molecule has 0 radical (unpaired) electrons. The van der Waals surface area contributed by atoms with Crippen LogP contribution >= 0.6 is 11.6 Å². The van der Waals surface area contributed by atoms with Crippen molar-refractivity contribution in [3.8, 4) is 0 Å². The van der Waals surface area contributed by atoms with Gasteiger partial charge in [0.1, 0.15) is 5.52 Å². The quantitative estimate of drug-likeness (QED) is 0.428. The van der Waals surface area contributed by atoms with Gasteiger partial charge in [0.25, 0.3) is 0 Å². The number of hydrogen-bond acceptors (Lipinski definition) is 5. The van der Waals surface area contributed by atoms with Crippen molar-refractivity contribution in [2.45, 2.75) is 19.3 Å². The van der Waals surface area contributed by atoms with E-state index >= 15 is 0 Å². The molecule has 0 aliphatic carbocycles.